The highest BCUT2D eigenvalue weighted by Gasteiger charge is 2.27. The molecule has 1 aliphatic rings. The number of hydrogen-bond acceptors (Lipinski definition) is 5. The Morgan fingerprint density at radius 2 is 1.88 bits per heavy atom. The first kappa shape index (κ1) is 15.1. The fraction of sp³-hybridized carbons (Fsp3) is 0.389. The van der Waals surface area contributed by atoms with Crippen molar-refractivity contribution in [3.63, 3.8) is 0 Å². The molecule has 3 heterocycles. The second-order valence-corrected chi connectivity index (χ2v) is 6.38. The molecule has 124 valence electrons. The van der Waals surface area contributed by atoms with E-state index in [4.69, 9.17) is 0 Å². The van der Waals surface area contributed by atoms with Crippen molar-refractivity contribution >= 4 is 16.9 Å². The van der Waals surface area contributed by atoms with Crippen molar-refractivity contribution in [3.8, 4) is 0 Å². The molecule has 1 aromatic carbocycles. The molecule has 0 bridgehead atoms. The van der Waals surface area contributed by atoms with Gasteiger partial charge < -0.3 is 10.0 Å². The Kier molecular flexibility index (Phi) is 3.90. The monoisotopic (exact) mass is 323 g/mol. The summed E-state index contributed by atoms with van der Waals surface area (Å²) < 4.78 is 1.77. The van der Waals surface area contributed by atoms with Crippen LogP contribution in [0.2, 0.25) is 0 Å². The van der Waals surface area contributed by atoms with Crippen molar-refractivity contribution in [2.45, 2.75) is 18.9 Å². The molecule has 0 radical (unpaired) electrons. The summed E-state index contributed by atoms with van der Waals surface area (Å²) >= 11 is 0. The van der Waals surface area contributed by atoms with Crippen LogP contribution in [0, 0.1) is 5.92 Å². The van der Waals surface area contributed by atoms with Gasteiger partial charge in [0.05, 0.1) is 17.7 Å². The summed E-state index contributed by atoms with van der Waals surface area (Å²) in [5, 5.41) is 15.9. The minimum absolute atomic E-state index is 0.287. The van der Waals surface area contributed by atoms with Gasteiger partial charge in [-0.15, -0.1) is 0 Å². The van der Waals surface area contributed by atoms with Crippen LogP contribution in [0.1, 0.15) is 24.5 Å². The highest BCUT2D eigenvalue weighted by atomic mass is 16.3. The first-order chi connectivity index (χ1) is 11.7. The molecular formula is C18H21N5O. The van der Waals surface area contributed by atoms with Gasteiger partial charge in [-0.3, -0.25) is 4.68 Å². The Balaban J connectivity index is 1.50. The van der Waals surface area contributed by atoms with E-state index in [2.05, 4.69) is 20.0 Å². The summed E-state index contributed by atoms with van der Waals surface area (Å²) in [5.74, 6) is 1.23. The largest absolute Gasteiger partial charge is 0.388 e. The number of aryl methyl sites for hydroxylation is 1. The standard InChI is InChI=1S/C18H21N5O/c1-22-17-15(11-21-22)18(20-12-19-17)23-9-7-14(8-10-23)16(24)13-5-3-2-4-6-13/h2-6,11-12,14,16,24H,7-10H2,1H3. The molecule has 1 atom stereocenters. The lowest BCUT2D eigenvalue weighted by molar-refractivity contribution is 0.0929. The van der Waals surface area contributed by atoms with Crippen LogP contribution in [0.15, 0.2) is 42.9 Å². The molecule has 6 nitrogen and oxygen atoms in total. The number of nitrogens with zero attached hydrogens (tertiary/aromatic N) is 5. The van der Waals surface area contributed by atoms with Gasteiger partial charge in [0.1, 0.15) is 12.1 Å². The Morgan fingerprint density at radius 1 is 1.12 bits per heavy atom. The zero-order valence-electron chi connectivity index (χ0n) is 13.7. The van der Waals surface area contributed by atoms with Crippen molar-refractivity contribution < 1.29 is 5.11 Å². The van der Waals surface area contributed by atoms with Crippen LogP contribution in [0.25, 0.3) is 11.0 Å². The third-order valence-electron chi connectivity index (χ3n) is 4.94. The lowest BCUT2D eigenvalue weighted by Gasteiger charge is -2.35. The zero-order valence-corrected chi connectivity index (χ0v) is 13.7. The van der Waals surface area contributed by atoms with Crippen LogP contribution in [-0.4, -0.2) is 37.9 Å². The molecule has 2 aromatic heterocycles. The maximum Gasteiger partial charge on any atom is 0.163 e. The lowest BCUT2D eigenvalue weighted by atomic mass is 9.87. The van der Waals surface area contributed by atoms with E-state index < -0.39 is 6.10 Å². The summed E-state index contributed by atoms with van der Waals surface area (Å²) in [6.45, 7) is 1.77. The minimum Gasteiger partial charge on any atom is -0.388 e. The minimum atomic E-state index is -0.392. The molecule has 1 unspecified atom stereocenters. The molecule has 0 spiro atoms. The van der Waals surface area contributed by atoms with Gasteiger partial charge >= 0.3 is 0 Å². The van der Waals surface area contributed by atoms with Crippen LogP contribution in [0.4, 0.5) is 5.82 Å². The number of aliphatic hydroxyl groups excluding tert-OH is 1. The highest BCUT2D eigenvalue weighted by molar-refractivity contribution is 5.86. The molecule has 1 saturated heterocycles. The number of piperidine rings is 1. The molecule has 1 fully saturated rings. The quantitative estimate of drug-likeness (QED) is 0.801. The van der Waals surface area contributed by atoms with E-state index in [0.29, 0.717) is 0 Å². The topological polar surface area (TPSA) is 67.1 Å². The third-order valence-corrected chi connectivity index (χ3v) is 4.94. The molecule has 6 heteroatoms. The Hall–Kier alpha value is -2.47. The maximum atomic E-state index is 10.6. The fourth-order valence-electron chi connectivity index (χ4n) is 3.55. The Bertz CT molecular complexity index is 824. The predicted molar refractivity (Wildman–Crippen MR) is 92.6 cm³/mol. The van der Waals surface area contributed by atoms with E-state index in [-0.39, 0.29) is 5.92 Å². The first-order valence-electron chi connectivity index (χ1n) is 8.34. The van der Waals surface area contributed by atoms with Crippen LogP contribution in [-0.2, 0) is 7.05 Å². The average molecular weight is 323 g/mol. The highest BCUT2D eigenvalue weighted by Crippen LogP contribution is 2.33. The second-order valence-electron chi connectivity index (χ2n) is 6.38. The van der Waals surface area contributed by atoms with E-state index in [1.807, 2.05) is 43.6 Å². The number of aromatic nitrogens is 4. The SMILES string of the molecule is Cn1ncc2c(N3CCC(C(O)c4ccccc4)CC3)ncnc21. The van der Waals surface area contributed by atoms with Crippen molar-refractivity contribution in [1.82, 2.24) is 19.7 Å². The van der Waals surface area contributed by atoms with E-state index in [1.54, 1.807) is 11.0 Å². The smallest absolute Gasteiger partial charge is 0.163 e. The van der Waals surface area contributed by atoms with Gasteiger partial charge in [0.15, 0.2) is 5.65 Å². The summed E-state index contributed by atoms with van der Waals surface area (Å²) in [4.78, 5) is 11.1. The fourth-order valence-corrected chi connectivity index (χ4v) is 3.55. The Labute approximate surface area is 140 Å². The van der Waals surface area contributed by atoms with Gasteiger partial charge in [0.2, 0.25) is 0 Å². The van der Waals surface area contributed by atoms with Crippen LogP contribution in [0.3, 0.4) is 0 Å². The first-order valence-corrected chi connectivity index (χ1v) is 8.34. The number of aliphatic hydroxyl groups is 1. The number of hydrogen-bond donors (Lipinski definition) is 1. The van der Waals surface area contributed by atoms with Gasteiger partial charge in [0, 0.05) is 20.1 Å². The van der Waals surface area contributed by atoms with Crippen molar-refractivity contribution in [2.24, 2.45) is 13.0 Å². The summed E-state index contributed by atoms with van der Waals surface area (Å²) in [6.07, 6.45) is 4.93. The molecule has 0 aliphatic carbocycles. The normalized spacial score (nSPS) is 17.3. The van der Waals surface area contributed by atoms with Crippen molar-refractivity contribution in [1.29, 1.82) is 0 Å². The van der Waals surface area contributed by atoms with E-state index >= 15 is 0 Å². The molecule has 0 saturated carbocycles. The Morgan fingerprint density at radius 3 is 2.62 bits per heavy atom. The van der Waals surface area contributed by atoms with Crippen LogP contribution >= 0.6 is 0 Å². The number of rotatable bonds is 3. The van der Waals surface area contributed by atoms with Crippen molar-refractivity contribution in [3.05, 3.63) is 48.4 Å². The number of fused-ring (bicyclic) bond motifs is 1. The molecule has 3 aromatic rings. The molecule has 1 N–H and O–H groups in total. The zero-order chi connectivity index (χ0) is 16.5. The summed E-state index contributed by atoms with van der Waals surface area (Å²) in [7, 11) is 1.89. The molecule has 0 amide bonds. The summed E-state index contributed by atoms with van der Waals surface area (Å²) in [6, 6.07) is 9.94. The van der Waals surface area contributed by atoms with Gasteiger partial charge in [-0.25, -0.2) is 9.97 Å². The van der Waals surface area contributed by atoms with Gasteiger partial charge in [-0.2, -0.15) is 5.10 Å². The summed E-state index contributed by atoms with van der Waals surface area (Å²) in [5.41, 5.74) is 1.86. The average Bonchev–Trinajstić information content (AvgIpc) is 3.03. The second kappa shape index (κ2) is 6.20. The third kappa shape index (κ3) is 2.63. The molecule has 4 rings (SSSR count). The number of anilines is 1. The van der Waals surface area contributed by atoms with Gasteiger partial charge in [-0.05, 0) is 24.3 Å². The van der Waals surface area contributed by atoms with E-state index in [1.165, 1.54) is 0 Å². The van der Waals surface area contributed by atoms with Crippen LogP contribution in [0.5, 0.6) is 0 Å². The molecule has 24 heavy (non-hydrogen) atoms. The van der Waals surface area contributed by atoms with Crippen LogP contribution < -0.4 is 4.90 Å². The van der Waals surface area contributed by atoms with E-state index in [0.717, 1.165) is 48.3 Å². The molecular weight excluding hydrogens is 302 g/mol. The lowest BCUT2D eigenvalue weighted by Crippen LogP contribution is -2.36. The number of benzene rings is 1. The van der Waals surface area contributed by atoms with Crippen molar-refractivity contribution in [2.75, 3.05) is 18.0 Å². The maximum absolute atomic E-state index is 10.6. The van der Waals surface area contributed by atoms with Gasteiger partial charge in [0.25, 0.3) is 0 Å². The van der Waals surface area contributed by atoms with Gasteiger partial charge in [-0.1, -0.05) is 30.3 Å². The van der Waals surface area contributed by atoms with E-state index in [9.17, 15) is 5.11 Å². The predicted octanol–water partition coefficient (Wildman–Crippen LogP) is 2.31. The molecule has 1 aliphatic heterocycles.